The van der Waals surface area contributed by atoms with Crippen molar-refractivity contribution in [1.82, 2.24) is 19.4 Å². The number of aromatic nitrogens is 3. The van der Waals surface area contributed by atoms with Crippen LogP contribution in [0.5, 0.6) is 5.75 Å². The van der Waals surface area contributed by atoms with Crippen molar-refractivity contribution in [2.45, 2.75) is 31.8 Å². The summed E-state index contributed by atoms with van der Waals surface area (Å²) in [6, 6.07) is 17.4. The Morgan fingerprint density at radius 3 is 2.62 bits per heavy atom. The highest BCUT2D eigenvalue weighted by Gasteiger charge is 2.32. The van der Waals surface area contributed by atoms with Crippen molar-refractivity contribution in [3.63, 3.8) is 0 Å². The third-order valence-electron chi connectivity index (χ3n) is 7.11. The van der Waals surface area contributed by atoms with Crippen LogP contribution in [-0.4, -0.2) is 39.6 Å². The first kappa shape index (κ1) is 21.1. The zero-order chi connectivity index (χ0) is 23.1. The third kappa shape index (κ3) is 3.68. The van der Waals surface area contributed by atoms with Crippen molar-refractivity contribution in [3.8, 4) is 28.3 Å². The molecule has 0 saturated carbocycles. The van der Waals surface area contributed by atoms with Crippen molar-refractivity contribution in [3.05, 3.63) is 89.8 Å². The predicted octanol–water partition coefficient (Wildman–Crippen LogP) is 5.31. The number of imidazole rings is 1. The lowest BCUT2D eigenvalue weighted by molar-refractivity contribution is 0.216. The molecule has 1 atom stereocenters. The second-order valence-corrected chi connectivity index (χ2v) is 9.11. The first-order valence-corrected chi connectivity index (χ1v) is 11.9. The Hall–Kier alpha value is -3.51. The van der Waals surface area contributed by atoms with E-state index in [1.54, 1.807) is 7.11 Å². The average Bonchev–Trinajstić information content (AvgIpc) is 3.44. The average molecular weight is 455 g/mol. The number of fused-ring (bicyclic) bond motifs is 2. The number of nitrogens with zero attached hydrogens (tertiary/aromatic N) is 4. The Morgan fingerprint density at radius 2 is 1.82 bits per heavy atom. The zero-order valence-electron chi connectivity index (χ0n) is 19.2. The molecule has 2 aliphatic rings. The standard InChI is InChI=1S/C28H27FN4O/c1-34-25-4-2-3-21-17-32(16-13-24(21)25)18-23-9-10-26-31-27(19-5-7-22(29)8-6-19)28(33(23)26)20-11-14-30-15-12-20/h2-8,11-12,14-15,23H,9-10,13,16-18H2,1H3/t23-/m0/s1. The van der Waals surface area contributed by atoms with Crippen LogP contribution >= 0.6 is 0 Å². The van der Waals surface area contributed by atoms with Crippen LogP contribution in [0.4, 0.5) is 4.39 Å². The summed E-state index contributed by atoms with van der Waals surface area (Å²) < 4.78 is 21.6. The summed E-state index contributed by atoms with van der Waals surface area (Å²) in [5, 5.41) is 0. The quantitative estimate of drug-likeness (QED) is 0.410. The van der Waals surface area contributed by atoms with E-state index in [1.807, 2.05) is 36.7 Å². The summed E-state index contributed by atoms with van der Waals surface area (Å²) in [5.74, 6) is 1.87. The summed E-state index contributed by atoms with van der Waals surface area (Å²) in [4.78, 5) is 11.8. The molecule has 0 saturated heterocycles. The van der Waals surface area contributed by atoms with Gasteiger partial charge in [0.15, 0.2) is 0 Å². The van der Waals surface area contributed by atoms with Crippen LogP contribution in [-0.2, 0) is 19.4 Å². The maximum absolute atomic E-state index is 13.6. The summed E-state index contributed by atoms with van der Waals surface area (Å²) in [6.45, 7) is 2.92. The molecule has 6 heteroatoms. The van der Waals surface area contributed by atoms with Gasteiger partial charge in [0.2, 0.25) is 0 Å². The van der Waals surface area contributed by atoms with Crippen LogP contribution in [0.15, 0.2) is 67.0 Å². The van der Waals surface area contributed by atoms with Gasteiger partial charge in [-0.05, 0) is 66.4 Å². The van der Waals surface area contributed by atoms with Crippen LogP contribution < -0.4 is 4.74 Å². The van der Waals surface area contributed by atoms with E-state index in [2.05, 4.69) is 32.7 Å². The highest BCUT2D eigenvalue weighted by atomic mass is 19.1. The molecule has 0 fully saturated rings. The summed E-state index contributed by atoms with van der Waals surface area (Å²) >= 11 is 0. The second-order valence-electron chi connectivity index (χ2n) is 9.11. The fraction of sp³-hybridized carbons (Fsp3) is 0.286. The fourth-order valence-electron chi connectivity index (χ4n) is 5.52. The fourth-order valence-corrected chi connectivity index (χ4v) is 5.52. The van der Waals surface area contributed by atoms with Gasteiger partial charge in [0.25, 0.3) is 0 Å². The molecule has 0 bridgehead atoms. The highest BCUT2D eigenvalue weighted by Crippen LogP contribution is 2.40. The van der Waals surface area contributed by atoms with Gasteiger partial charge in [-0.3, -0.25) is 9.88 Å². The van der Waals surface area contributed by atoms with E-state index in [9.17, 15) is 4.39 Å². The Balaban J connectivity index is 1.35. The first-order chi connectivity index (χ1) is 16.7. The van der Waals surface area contributed by atoms with Crippen LogP contribution in [0, 0.1) is 5.82 Å². The molecule has 0 amide bonds. The molecule has 0 aliphatic carbocycles. The number of pyridine rings is 1. The molecule has 0 N–H and O–H groups in total. The number of hydrogen-bond donors (Lipinski definition) is 0. The Kier molecular flexibility index (Phi) is 5.38. The highest BCUT2D eigenvalue weighted by molar-refractivity contribution is 5.79. The molecule has 2 aromatic carbocycles. The van der Waals surface area contributed by atoms with E-state index in [1.165, 1.54) is 23.3 Å². The number of aryl methyl sites for hydroxylation is 1. The smallest absolute Gasteiger partial charge is 0.123 e. The summed E-state index contributed by atoms with van der Waals surface area (Å²) in [7, 11) is 1.75. The van der Waals surface area contributed by atoms with Crippen LogP contribution in [0.25, 0.3) is 22.5 Å². The van der Waals surface area contributed by atoms with E-state index in [0.717, 1.165) is 73.0 Å². The van der Waals surface area contributed by atoms with Gasteiger partial charge in [0, 0.05) is 55.6 Å². The van der Waals surface area contributed by atoms with Crippen LogP contribution in [0.1, 0.15) is 29.4 Å². The molecular weight excluding hydrogens is 427 g/mol. The molecule has 2 aromatic heterocycles. The summed E-state index contributed by atoms with van der Waals surface area (Å²) in [5.41, 5.74) is 6.75. The van der Waals surface area contributed by atoms with E-state index >= 15 is 0 Å². The minimum Gasteiger partial charge on any atom is -0.496 e. The second kappa shape index (κ2) is 8.69. The van der Waals surface area contributed by atoms with Gasteiger partial charge in [-0.25, -0.2) is 9.37 Å². The van der Waals surface area contributed by atoms with Crippen molar-refractivity contribution < 1.29 is 9.13 Å². The summed E-state index contributed by atoms with van der Waals surface area (Å²) in [6.07, 6.45) is 6.67. The van der Waals surface area contributed by atoms with Gasteiger partial charge in [-0.15, -0.1) is 0 Å². The minimum atomic E-state index is -0.235. The maximum atomic E-state index is 13.6. The van der Waals surface area contributed by atoms with E-state index in [0.29, 0.717) is 6.04 Å². The lowest BCUT2D eigenvalue weighted by Gasteiger charge is -2.32. The van der Waals surface area contributed by atoms with Gasteiger partial charge in [0.05, 0.1) is 18.5 Å². The van der Waals surface area contributed by atoms with Crippen LogP contribution in [0.2, 0.25) is 0 Å². The normalized spacial score (nSPS) is 17.4. The van der Waals surface area contributed by atoms with Crippen molar-refractivity contribution in [2.75, 3.05) is 20.2 Å². The monoisotopic (exact) mass is 454 g/mol. The molecule has 0 spiro atoms. The largest absolute Gasteiger partial charge is 0.496 e. The first-order valence-electron chi connectivity index (χ1n) is 11.9. The lowest BCUT2D eigenvalue weighted by atomic mass is 9.98. The van der Waals surface area contributed by atoms with Gasteiger partial charge in [-0.2, -0.15) is 0 Å². The van der Waals surface area contributed by atoms with Crippen molar-refractivity contribution in [1.29, 1.82) is 0 Å². The van der Waals surface area contributed by atoms with Gasteiger partial charge >= 0.3 is 0 Å². The molecule has 0 radical (unpaired) electrons. The van der Waals surface area contributed by atoms with Gasteiger partial charge in [0.1, 0.15) is 17.4 Å². The molecule has 172 valence electrons. The zero-order valence-corrected chi connectivity index (χ0v) is 19.2. The topological polar surface area (TPSA) is 43.2 Å². The van der Waals surface area contributed by atoms with Crippen LogP contribution in [0.3, 0.4) is 0 Å². The van der Waals surface area contributed by atoms with Crippen molar-refractivity contribution in [2.24, 2.45) is 0 Å². The molecule has 4 heterocycles. The van der Waals surface area contributed by atoms with Gasteiger partial charge < -0.3 is 9.30 Å². The lowest BCUT2D eigenvalue weighted by Crippen LogP contribution is -2.35. The molecule has 5 nitrogen and oxygen atoms in total. The molecule has 0 unspecified atom stereocenters. The number of hydrogen-bond acceptors (Lipinski definition) is 4. The van der Waals surface area contributed by atoms with Gasteiger partial charge in [-0.1, -0.05) is 12.1 Å². The van der Waals surface area contributed by atoms with Crippen molar-refractivity contribution >= 4 is 0 Å². The Bertz CT molecular complexity index is 1320. The number of halogens is 1. The number of ether oxygens (including phenoxy) is 1. The number of rotatable bonds is 5. The molecule has 34 heavy (non-hydrogen) atoms. The molecular formula is C28H27FN4O. The van der Waals surface area contributed by atoms with E-state index < -0.39 is 0 Å². The number of benzene rings is 2. The predicted molar refractivity (Wildman–Crippen MR) is 130 cm³/mol. The SMILES string of the molecule is COc1cccc2c1CCN(C[C@@H]1CCc3nc(-c4ccc(F)cc4)c(-c4ccncc4)n31)C2. The Labute approximate surface area is 198 Å². The third-order valence-corrected chi connectivity index (χ3v) is 7.11. The molecule has 6 rings (SSSR count). The van der Waals surface area contributed by atoms with E-state index in [4.69, 9.17) is 9.72 Å². The minimum absolute atomic E-state index is 0.235. The Morgan fingerprint density at radius 1 is 1.00 bits per heavy atom. The van der Waals surface area contributed by atoms with E-state index in [-0.39, 0.29) is 5.82 Å². The number of methoxy groups -OCH3 is 1. The molecule has 2 aliphatic heterocycles. The molecule has 4 aromatic rings. The maximum Gasteiger partial charge on any atom is 0.123 e.